The lowest BCUT2D eigenvalue weighted by Gasteiger charge is -2.23. The number of ketones is 1. The second-order valence-corrected chi connectivity index (χ2v) is 7.99. The van der Waals surface area contributed by atoms with E-state index in [0.29, 0.717) is 31.3 Å². The molecule has 1 saturated carbocycles. The van der Waals surface area contributed by atoms with Gasteiger partial charge in [-0.15, -0.1) is 0 Å². The molecule has 4 nitrogen and oxygen atoms in total. The highest BCUT2D eigenvalue weighted by Gasteiger charge is 2.23. The normalized spacial score (nSPS) is 17.3. The van der Waals surface area contributed by atoms with Crippen molar-refractivity contribution in [3.05, 3.63) is 57.0 Å². The van der Waals surface area contributed by atoms with Crippen LogP contribution in [0.2, 0.25) is 0 Å². The monoisotopic (exact) mass is 365 g/mol. The Kier molecular flexibility index (Phi) is 5.00. The van der Waals surface area contributed by atoms with Gasteiger partial charge in [-0.25, -0.2) is 0 Å². The average molecular weight is 365 g/mol. The Morgan fingerprint density at radius 3 is 2.67 bits per heavy atom. The first kappa shape index (κ1) is 18.2. The molecule has 4 rings (SSSR count). The van der Waals surface area contributed by atoms with Gasteiger partial charge in [0, 0.05) is 31.6 Å². The minimum absolute atomic E-state index is 0.0334. The first-order chi connectivity index (χ1) is 13.0. The Morgan fingerprint density at radius 1 is 1.15 bits per heavy atom. The number of aromatic nitrogens is 1. The van der Waals surface area contributed by atoms with Gasteiger partial charge >= 0.3 is 0 Å². The zero-order valence-corrected chi connectivity index (χ0v) is 16.2. The van der Waals surface area contributed by atoms with Crippen LogP contribution in [0.5, 0.6) is 0 Å². The van der Waals surface area contributed by atoms with Crippen LogP contribution in [0.3, 0.4) is 0 Å². The highest BCUT2D eigenvalue weighted by Crippen LogP contribution is 2.34. The molecular formula is C23H27NO3. The zero-order chi connectivity index (χ0) is 19.0. The average Bonchev–Trinajstić information content (AvgIpc) is 3.17. The summed E-state index contributed by atoms with van der Waals surface area (Å²) in [5.74, 6) is 0.316. The number of nitrogens with zero attached hydrogens (tertiary/aromatic N) is 1. The molecule has 2 aromatic rings. The molecule has 0 radical (unpaired) electrons. The van der Waals surface area contributed by atoms with Gasteiger partial charge < -0.3 is 9.30 Å². The van der Waals surface area contributed by atoms with E-state index < -0.39 is 0 Å². The number of Topliss-reactive ketones (excluding diaryl/α,β-unsaturated/α-hetero) is 1. The van der Waals surface area contributed by atoms with Gasteiger partial charge in [0.2, 0.25) is 0 Å². The Morgan fingerprint density at radius 2 is 1.93 bits per heavy atom. The SMILES string of the molecule is Cc1cc(-c2ccc3c(c2COC2CCCC2)CCC(=O)C3)cn(C)c1=O. The fourth-order valence-electron chi connectivity index (χ4n) is 4.50. The Labute approximate surface area is 160 Å². The number of aryl methyl sites for hydroxylation is 2. The number of rotatable bonds is 4. The van der Waals surface area contributed by atoms with Crippen LogP contribution in [-0.2, 0) is 36.0 Å². The van der Waals surface area contributed by atoms with E-state index in [2.05, 4.69) is 12.1 Å². The molecule has 142 valence electrons. The third-order valence-electron chi connectivity index (χ3n) is 6.01. The van der Waals surface area contributed by atoms with Crippen LogP contribution in [-0.4, -0.2) is 16.5 Å². The molecule has 0 spiro atoms. The maximum atomic E-state index is 12.1. The second kappa shape index (κ2) is 7.43. The molecule has 0 unspecified atom stereocenters. The van der Waals surface area contributed by atoms with Gasteiger partial charge in [0.15, 0.2) is 0 Å². The topological polar surface area (TPSA) is 48.3 Å². The summed E-state index contributed by atoms with van der Waals surface area (Å²) in [5.41, 5.74) is 6.55. The molecule has 1 aromatic heterocycles. The predicted octanol–water partition coefficient (Wildman–Crippen LogP) is 3.88. The Balaban J connectivity index is 1.78. The molecule has 0 bridgehead atoms. The minimum atomic E-state index is 0.0334. The molecule has 0 N–H and O–H groups in total. The van der Waals surface area contributed by atoms with Crippen molar-refractivity contribution in [1.29, 1.82) is 0 Å². The summed E-state index contributed by atoms with van der Waals surface area (Å²) in [6, 6.07) is 6.16. The smallest absolute Gasteiger partial charge is 0.253 e. The number of fused-ring (bicyclic) bond motifs is 1. The lowest BCUT2D eigenvalue weighted by molar-refractivity contribution is -0.118. The summed E-state index contributed by atoms with van der Waals surface area (Å²) < 4.78 is 7.92. The quantitative estimate of drug-likeness (QED) is 0.826. The fraction of sp³-hybridized carbons (Fsp3) is 0.478. The van der Waals surface area contributed by atoms with Crippen molar-refractivity contribution in [3.8, 4) is 11.1 Å². The molecule has 1 fully saturated rings. The Hall–Kier alpha value is -2.20. The van der Waals surface area contributed by atoms with Crippen LogP contribution in [0.4, 0.5) is 0 Å². The van der Waals surface area contributed by atoms with Crippen LogP contribution in [0.1, 0.15) is 54.4 Å². The summed E-state index contributed by atoms with van der Waals surface area (Å²) in [6.07, 6.45) is 8.96. The van der Waals surface area contributed by atoms with E-state index in [-0.39, 0.29) is 5.56 Å². The molecule has 0 aliphatic heterocycles. The van der Waals surface area contributed by atoms with Crippen molar-refractivity contribution >= 4 is 5.78 Å². The van der Waals surface area contributed by atoms with Crippen molar-refractivity contribution < 1.29 is 9.53 Å². The van der Waals surface area contributed by atoms with Gasteiger partial charge in [0.25, 0.3) is 5.56 Å². The number of hydrogen-bond acceptors (Lipinski definition) is 3. The summed E-state index contributed by atoms with van der Waals surface area (Å²) in [6.45, 7) is 2.44. The molecule has 2 aliphatic rings. The van der Waals surface area contributed by atoms with Crippen molar-refractivity contribution in [1.82, 2.24) is 4.57 Å². The largest absolute Gasteiger partial charge is 0.374 e. The summed E-state index contributed by atoms with van der Waals surface area (Å²) in [5, 5.41) is 0. The maximum absolute atomic E-state index is 12.1. The maximum Gasteiger partial charge on any atom is 0.253 e. The zero-order valence-electron chi connectivity index (χ0n) is 16.2. The number of pyridine rings is 1. The van der Waals surface area contributed by atoms with Crippen molar-refractivity contribution in [2.75, 3.05) is 0 Å². The van der Waals surface area contributed by atoms with Crippen LogP contribution < -0.4 is 5.56 Å². The van der Waals surface area contributed by atoms with E-state index in [0.717, 1.165) is 41.5 Å². The molecule has 1 heterocycles. The Bertz CT molecular complexity index is 909. The summed E-state index contributed by atoms with van der Waals surface area (Å²) in [4.78, 5) is 24.0. The fourth-order valence-corrected chi connectivity index (χ4v) is 4.50. The number of carbonyl (C=O) groups excluding carboxylic acids is 1. The summed E-state index contributed by atoms with van der Waals surface area (Å²) in [7, 11) is 1.80. The van der Waals surface area contributed by atoms with Crippen LogP contribution in [0, 0.1) is 6.92 Å². The summed E-state index contributed by atoms with van der Waals surface area (Å²) >= 11 is 0. The first-order valence-electron chi connectivity index (χ1n) is 9.97. The molecule has 4 heteroatoms. The predicted molar refractivity (Wildman–Crippen MR) is 106 cm³/mol. The van der Waals surface area contributed by atoms with Crippen molar-refractivity contribution in [2.24, 2.45) is 7.05 Å². The standard InChI is InChI=1S/C23H27NO3/c1-15-11-17(13-24(2)23(15)26)21-9-7-16-12-18(25)8-10-20(16)22(21)14-27-19-5-3-4-6-19/h7,9,11,13,19H,3-6,8,10,12,14H2,1-2H3. The van der Waals surface area contributed by atoms with Crippen molar-refractivity contribution in [2.45, 2.75) is 64.6 Å². The van der Waals surface area contributed by atoms with Gasteiger partial charge in [0.05, 0.1) is 12.7 Å². The van der Waals surface area contributed by atoms with Gasteiger partial charge in [0.1, 0.15) is 5.78 Å². The van der Waals surface area contributed by atoms with Gasteiger partial charge in [-0.2, -0.15) is 0 Å². The van der Waals surface area contributed by atoms with Gasteiger partial charge in [-0.05, 0) is 60.1 Å². The van der Waals surface area contributed by atoms with Gasteiger partial charge in [-0.1, -0.05) is 25.0 Å². The van der Waals surface area contributed by atoms with E-state index >= 15 is 0 Å². The third-order valence-corrected chi connectivity index (χ3v) is 6.01. The highest BCUT2D eigenvalue weighted by molar-refractivity contribution is 5.84. The third kappa shape index (κ3) is 3.63. The van der Waals surface area contributed by atoms with Gasteiger partial charge in [-0.3, -0.25) is 9.59 Å². The number of hydrogen-bond donors (Lipinski definition) is 0. The van der Waals surface area contributed by atoms with Crippen LogP contribution >= 0.6 is 0 Å². The molecule has 0 amide bonds. The molecule has 2 aliphatic carbocycles. The van der Waals surface area contributed by atoms with E-state index in [1.165, 1.54) is 24.0 Å². The first-order valence-corrected chi connectivity index (χ1v) is 9.97. The van der Waals surface area contributed by atoms with Crippen LogP contribution in [0.25, 0.3) is 11.1 Å². The lowest BCUT2D eigenvalue weighted by Crippen LogP contribution is -2.20. The van der Waals surface area contributed by atoms with Crippen molar-refractivity contribution in [3.63, 3.8) is 0 Å². The van der Waals surface area contributed by atoms with E-state index in [1.54, 1.807) is 11.6 Å². The lowest BCUT2D eigenvalue weighted by atomic mass is 9.84. The molecular weight excluding hydrogens is 338 g/mol. The second-order valence-electron chi connectivity index (χ2n) is 7.99. The van der Waals surface area contributed by atoms with Crippen LogP contribution in [0.15, 0.2) is 29.2 Å². The number of ether oxygens (including phenoxy) is 1. The highest BCUT2D eigenvalue weighted by atomic mass is 16.5. The van der Waals surface area contributed by atoms with E-state index in [9.17, 15) is 9.59 Å². The number of carbonyl (C=O) groups is 1. The molecule has 27 heavy (non-hydrogen) atoms. The van der Waals surface area contributed by atoms with E-state index in [4.69, 9.17) is 4.74 Å². The molecule has 1 aromatic carbocycles. The minimum Gasteiger partial charge on any atom is -0.374 e. The number of benzene rings is 1. The van der Waals surface area contributed by atoms with E-state index in [1.807, 2.05) is 19.2 Å². The molecule has 0 saturated heterocycles. The molecule has 0 atom stereocenters.